The van der Waals surface area contributed by atoms with Gasteiger partial charge in [0.25, 0.3) is 0 Å². The van der Waals surface area contributed by atoms with E-state index in [-0.39, 0.29) is 6.10 Å². The summed E-state index contributed by atoms with van der Waals surface area (Å²) in [6.07, 6.45) is 1.38. The molecule has 0 aromatic heterocycles. The number of benzene rings is 1. The second-order valence-corrected chi connectivity index (χ2v) is 5.84. The summed E-state index contributed by atoms with van der Waals surface area (Å²) in [5, 5.41) is 6.83. The van der Waals surface area contributed by atoms with Gasteiger partial charge in [-0.05, 0) is 51.1 Å². The molecule has 1 fully saturated rings. The van der Waals surface area contributed by atoms with Gasteiger partial charge in [-0.3, -0.25) is 0 Å². The molecular formula is C17H29N3O. The van der Waals surface area contributed by atoms with Crippen molar-refractivity contribution in [2.24, 2.45) is 0 Å². The number of anilines is 1. The maximum absolute atomic E-state index is 6.07. The molecule has 1 aliphatic rings. The van der Waals surface area contributed by atoms with Crippen LogP contribution in [-0.2, 0) is 6.54 Å². The van der Waals surface area contributed by atoms with Crippen molar-refractivity contribution in [3.8, 4) is 5.75 Å². The molecule has 0 amide bonds. The smallest absolute Gasteiger partial charge is 0.143 e. The number of ether oxygens (including phenoxy) is 1. The third-order valence-corrected chi connectivity index (χ3v) is 3.65. The predicted octanol–water partition coefficient (Wildman–Crippen LogP) is 2.38. The minimum Gasteiger partial charge on any atom is -0.489 e. The van der Waals surface area contributed by atoms with Crippen LogP contribution >= 0.6 is 0 Å². The maximum Gasteiger partial charge on any atom is 0.143 e. The van der Waals surface area contributed by atoms with Crippen LogP contribution in [0.5, 0.6) is 5.75 Å². The fourth-order valence-corrected chi connectivity index (χ4v) is 2.63. The van der Waals surface area contributed by atoms with E-state index in [1.807, 2.05) is 0 Å². The van der Waals surface area contributed by atoms with E-state index < -0.39 is 0 Å². The Labute approximate surface area is 128 Å². The molecule has 1 aromatic rings. The molecular weight excluding hydrogens is 262 g/mol. The summed E-state index contributed by atoms with van der Waals surface area (Å²) in [5.41, 5.74) is 2.51. The molecule has 2 N–H and O–H groups in total. The summed E-state index contributed by atoms with van der Waals surface area (Å²) in [5.74, 6) is 1.02. The normalized spacial score (nSPS) is 16.1. The van der Waals surface area contributed by atoms with E-state index in [0.717, 1.165) is 45.0 Å². The number of hydrogen-bond donors (Lipinski definition) is 2. The molecule has 0 unspecified atom stereocenters. The van der Waals surface area contributed by atoms with Gasteiger partial charge >= 0.3 is 0 Å². The van der Waals surface area contributed by atoms with Crippen LogP contribution in [0.1, 0.15) is 32.8 Å². The Morgan fingerprint density at radius 1 is 1.29 bits per heavy atom. The van der Waals surface area contributed by atoms with Crippen molar-refractivity contribution >= 4 is 5.69 Å². The second kappa shape index (κ2) is 8.25. The topological polar surface area (TPSA) is 36.5 Å². The largest absolute Gasteiger partial charge is 0.489 e. The fourth-order valence-electron chi connectivity index (χ4n) is 2.63. The standard InChI is InChI=1S/C17H29N3O/c1-4-18-13-15-6-7-16(17(12-15)21-14(2)3)20-10-5-8-19-9-11-20/h6-7,12,14,18-19H,4-5,8-11,13H2,1-3H3. The van der Waals surface area contributed by atoms with Crippen LogP contribution in [0.4, 0.5) is 5.69 Å². The van der Waals surface area contributed by atoms with Crippen LogP contribution in [0.2, 0.25) is 0 Å². The number of rotatable bonds is 6. The highest BCUT2D eigenvalue weighted by Gasteiger charge is 2.15. The van der Waals surface area contributed by atoms with E-state index in [1.165, 1.54) is 17.7 Å². The zero-order chi connectivity index (χ0) is 15.1. The van der Waals surface area contributed by atoms with Gasteiger partial charge in [-0.15, -0.1) is 0 Å². The molecule has 1 heterocycles. The molecule has 118 valence electrons. The molecule has 0 saturated carbocycles. The molecule has 21 heavy (non-hydrogen) atoms. The SMILES string of the molecule is CCNCc1ccc(N2CCCNCC2)c(OC(C)C)c1. The molecule has 1 saturated heterocycles. The van der Waals surface area contributed by atoms with Crippen molar-refractivity contribution in [1.29, 1.82) is 0 Å². The molecule has 4 heteroatoms. The molecule has 4 nitrogen and oxygen atoms in total. The summed E-state index contributed by atoms with van der Waals surface area (Å²) in [7, 11) is 0. The third kappa shape index (κ3) is 4.90. The van der Waals surface area contributed by atoms with Crippen LogP contribution in [0.3, 0.4) is 0 Å². The van der Waals surface area contributed by atoms with Crippen LogP contribution in [0.25, 0.3) is 0 Å². The zero-order valence-corrected chi connectivity index (χ0v) is 13.6. The lowest BCUT2D eigenvalue weighted by Crippen LogP contribution is -2.28. The first-order valence-electron chi connectivity index (χ1n) is 8.16. The number of nitrogens with one attached hydrogen (secondary N) is 2. The van der Waals surface area contributed by atoms with Gasteiger partial charge in [0, 0.05) is 26.2 Å². The van der Waals surface area contributed by atoms with Crippen molar-refractivity contribution in [2.75, 3.05) is 37.6 Å². The summed E-state index contributed by atoms with van der Waals surface area (Å²) < 4.78 is 6.07. The maximum atomic E-state index is 6.07. The molecule has 2 rings (SSSR count). The summed E-state index contributed by atoms with van der Waals surface area (Å²) >= 11 is 0. The molecule has 0 aliphatic carbocycles. The van der Waals surface area contributed by atoms with Crippen molar-refractivity contribution in [2.45, 2.75) is 39.8 Å². The van der Waals surface area contributed by atoms with Crippen molar-refractivity contribution < 1.29 is 4.74 Å². The summed E-state index contributed by atoms with van der Waals surface area (Å²) in [4.78, 5) is 2.44. The second-order valence-electron chi connectivity index (χ2n) is 5.84. The van der Waals surface area contributed by atoms with Gasteiger partial charge in [0.1, 0.15) is 5.75 Å². The van der Waals surface area contributed by atoms with E-state index >= 15 is 0 Å². The molecule has 0 atom stereocenters. The minimum atomic E-state index is 0.197. The van der Waals surface area contributed by atoms with Crippen molar-refractivity contribution in [3.05, 3.63) is 23.8 Å². The van der Waals surface area contributed by atoms with E-state index in [1.54, 1.807) is 0 Å². The Morgan fingerprint density at radius 3 is 2.90 bits per heavy atom. The van der Waals surface area contributed by atoms with Gasteiger partial charge in [-0.1, -0.05) is 13.0 Å². The Balaban J connectivity index is 2.20. The summed E-state index contributed by atoms with van der Waals surface area (Å²) in [6, 6.07) is 6.62. The molecule has 0 spiro atoms. The lowest BCUT2D eigenvalue weighted by molar-refractivity contribution is 0.242. The van der Waals surface area contributed by atoms with Crippen LogP contribution in [-0.4, -0.2) is 38.8 Å². The molecule has 0 radical (unpaired) electrons. The average molecular weight is 291 g/mol. The minimum absolute atomic E-state index is 0.197. The van der Waals surface area contributed by atoms with Crippen LogP contribution in [0, 0.1) is 0 Å². The Bertz CT molecular complexity index is 426. The van der Waals surface area contributed by atoms with Gasteiger partial charge < -0.3 is 20.3 Å². The predicted molar refractivity (Wildman–Crippen MR) is 89.3 cm³/mol. The van der Waals surface area contributed by atoms with E-state index in [2.05, 4.69) is 54.5 Å². The quantitative estimate of drug-likeness (QED) is 0.844. The highest BCUT2D eigenvalue weighted by atomic mass is 16.5. The van der Waals surface area contributed by atoms with Crippen LogP contribution < -0.4 is 20.3 Å². The first-order chi connectivity index (χ1) is 10.2. The fraction of sp³-hybridized carbons (Fsp3) is 0.647. The lowest BCUT2D eigenvalue weighted by atomic mass is 10.1. The Hall–Kier alpha value is -1.26. The van der Waals surface area contributed by atoms with Gasteiger partial charge in [-0.25, -0.2) is 0 Å². The molecule has 1 aromatic carbocycles. The Kier molecular flexibility index (Phi) is 6.33. The summed E-state index contributed by atoms with van der Waals surface area (Å²) in [6.45, 7) is 12.5. The Morgan fingerprint density at radius 2 is 2.14 bits per heavy atom. The average Bonchev–Trinajstić information content (AvgIpc) is 2.73. The van der Waals surface area contributed by atoms with Crippen molar-refractivity contribution in [3.63, 3.8) is 0 Å². The van der Waals surface area contributed by atoms with E-state index in [4.69, 9.17) is 4.74 Å². The van der Waals surface area contributed by atoms with Gasteiger partial charge in [0.15, 0.2) is 0 Å². The highest BCUT2D eigenvalue weighted by molar-refractivity contribution is 5.60. The molecule has 1 aliphatic heterocycles. The first kappa shape index (κ1) is 16.1. The third-order valence-electron chi connectivity index (χ3n) is 3.65. The van der Waals surface area contributed by atoms with Crippen molar-refractivity contribution in [1.82, 2.24) is 10.6 Å². The van der Waals surface area contributed by atoms with Crippen LogP contribution in [0.15, 0.2) is 18.2 Å². The monoisotopic (exact) mass is 291 g/mol. The number of nitrogens with zero attached hydrogens (tertiary/aromatic N) is 1. The van der Waals surface area contributed by atoms with Gasteiger partial charge in [-0.2, -0.15) is 0 Å². The highest BCUT2D eigenvalue weighted by Crippen LogP contribution is 2.31. The number of hydrogen-bond acceptors (Lipinski definition) is 4. The lowest BCUT2D eigenvalue weighted by Gasteiger charge is -2.26. The molecule has 0 bridgehead atoms. The van der Waals surface area contributed by atoms with Gasteiger partial charge in [0.05, 0.1) is 11.8 Å². The van der Waals surface area contributed by atoms with E-state index in [9.17, 15) is 0 Å². The zero-order valence-electron chi connectivity index (χ0n) is 13.6. The first-order valence-corrected chi connectivity index (χ1v) is 8.16. The van der Waals surface area contributed by atoms with Gasteiger partial charge in [0.2, 0.25) is 0 Å². The van der Waals surface area contributed by atoms with E-state index in [0.29, 0.717) is 0 Å².